The Labute approximate surface area is 89.0 Å². The summed E-state index contributed by atoms with van der Waals surface area (Å²) in [4.78, 5) is 0. The number of unbranched alkanes of at least 4 members (excludes halogenated alkanes) is 1. The third-order valence-corrected chi connectivity index (χ3v) is 1.98. The fraction of sp³-hybridized carbons (Fsp3) is 0.455. The molecular formula is C11H16FNO2. The highest BCUT2D eigenvalue weighted by Crippen LogP contribution is 2.18. The van der Waals surface area contributed by atoms with Crippen LogP contribution in [0.1, 0.15) is 12.8 Å². The number of nitrogen functional groups attached to an aromatic ring is 1. The fourth-order valence-electron chi connectivity index (χ4n) is 1.14. The van der Waals surface area contributed by atoms with Crippen molar-refractivity contribution in [2.75, 3.05) is 26.1 Å². The number of halogens is 1. The summed E-state index contributed by atoms with van der Waals surface area (Å²) in [6.07, 6.45) is 1.83. The third kappa shape index (κ3) is 4.16. The highest BCUT2D eigenvalue weighted by molar-refractivity contribution is 5.43. The van der Waals surface area contributed by atoms with Crippen LogP contribution in [0.5, 0.6) is 5.75 Å². The average molecular weight is 213 g/mol. The summed E-state index contributed by atoms with van der Waals surface area (Å²) in [5, 5.41) is 0. The van der Waals surface area contributed by atoms with Crippen molar-refractivity contribution in [3.63, 3.8) is 0 Å². The van der Waals surface area contributed by atoms with Crippen LogP contribution in [0, 0.1) is 5.82 Å². The number of methoxy groups -OCH3 is 1. The molecule has 0 aromatic heterocycles. The molecule has 0 aliphatic carbocycles. The number of anilines is 1. The first-order valence-electron chi connectivity index (χ1n) is 4.91. The van der Waals surface area contributed by atoms with Gasteiger partial charge in [-0.15, -0.1) is 0 Å². The second-order valence-corrected chi connectivity index (χ2v) is 3.23. The van der Waals surface area contributed by atoms with Crippen molar-refractivity contribution >= 4 is 5.69 Å². The lowest BCUT2D eigenvalue weighted by Crippen LogP contribution is -2.00. The number of hydrogen-bond acceptors (Lipinski definition) is 3. The van der Waals surface area contributed by atoms with Crippen LogP contribution in [0.25, 0.3) is 0 Å². The van der Waals surface area contributed by atoms with E-state index in [2.05, 4.69) is 0 Å². The van der Waals surface area contributed by atoms with Gasteiger partial charge >= 0.3 is 0 Å². The quantitative estimate of drug-likeness (QED) is 0.582. The van der Waals surface area contributed by atoms with E-state index in [1.165, 1.54) is 12.1 Å². The molecule has 0 fully saturated rings. The minimum atomic E-state index is -0.440. The summed E-state index contributed by atoms with van der Waals surface area (Å²) in [5.74, 6) is 0.0727. The molecule has 15 heavy (non-hydrogen) atoms. The third-order valence-electron chi connectivity index (χ3n) is 1.98. The molecule has 0 atom stereocenters. The SMILES string of the molecule is COCCCCOc1ccc(N)c(F)c1. The molecule has 0 spiro atoms. The molecule has 2 N–H and O–H groups in total. The van der Waals surface area contributed by atoms with Gasteiger partial charge in [0.25, 0.3) is 0 Å². The molecule has 0 aliphatic heterocycles. The monoisotopic (exact) mass is 213 g/mol. The molecule has 0 amide bonds. The van der Waals surface area contributed by atoms with Crippen molar-refractivity contribution in [1.82, 2.24) is 0 Å². The van der Waals surface area contributed by atoms with E-state index < -0.39 is 5.82 Å². The van der Waals surface area contributed by atoms with Crippen LogP contribution in [0.4, 0.5) is 10.1 Å². The van der Waals surface area contributed by atoms with E-state index in [0.717, 1.165) is 19.4 Å². The largest absolute Gasteiger partial charge is 0.493 e. The second kappa shape index (κ2) is 6.24. The minimum Gasteiger partial charge on any atom is -0.493 e. The van der Waals surface area contributed by atoms with Crippen molar-refractivity contribution in [3.8, 4) is 5.75 Å². The Bertz CT molecular complexity index is 305. The van der Waals surface area contributed by atoms with Crippen molar-refractivity contribution in [1.29, 1.82) is 0 Å². The zero-order valence-corrected chi connectivity index (χ0v) is 8.83. The molecule has 3 nitrogen and oxygen atoms in total. The predicted octanol–water partition coefficient (Wildman–Crippen LogP) is 2.21. The molecule has 84 valence electrons. The van der Waals surface area contributed by atoms with Gasteiger partial charge in [-0.05, 0) is 25.0 Å². The van der Waals surface area contributed by atoms with E-state index in [1.807, 2.05) is 0 Å². The Balaban J connectivity index is 2.28. The summed E-state index contributed by atoms with van der Waals surface area (Å²) in [6.45, 7) is 1.28. The molecule has 0 saturated carbocycles. The van der Waals surface area contributed by atoms with Crippen molar-refractivity contribution in [2.45, 2.75) is 12.8 Å². The number of ether oxygens (including phenoxy) is 2. The topological polar surface area (TPSA) is 44.5 Å². The van der Waals surface area contributed by atoms with Gasteiger partial charge in [-0.1, -0.05) is 0 Å². The fourth-order valence-corrected chi connectivity index (χ4v) is 1.14. The first-order chi connectivity index (χ1) is 7.24. The molecule has 1 aromatic carbocycles. The zero-order chi connectivity index (χ0) is 11.1. The van der Waals surface area contributed by atoms with E-state index in [-0.39, 0.29) is 5.69 Å². The lowest BCUT2D eigenvalue weighted by atomic mass is 10.3. The van der Waals surface area contributed by atoms with Gasteiger partial charge in [0, 0.05) is 19.8 Å². The average Bonchev–Trinajstić information content (AvgIpc) is 2.23. The summed E-state index contributed by atoms with van der Waals surface area (Å²) in [7, 11) is 1.66. The Morgan fingerprint density at radius 2 is 2.00 bits per heavy atom. The number of hydrogen-bond donors (Lipinski definition) is 1. The first-order valence-corrected chi connectivity index (χ1v) is 4.91. The van der Waals surface area contributed by atoms with E-state index in [1.54, 1.807) is 13.2 Å². The van der Waals surface area contributed by atoms with Crippen LogP contribution in [0.3, 0.4) is 0 Å². The molecular weight excluding hydrogens is 197 g/mol. The molecule has 0 saturated heterocycles. The smallest absolute Gasteiger partial charge is 0.149 e. The molecule has 1 aromatic rings. The minimum absolute atomic E-state index is 0.140. The van der Waals surface area contributed by atoms with Gasteiger partial charge in [-0.2, -0.15) is 0 Å². The van der Waals surface area contributed by atoms with Gasteiger partial charge in [0.05, 0.1) is 12.3 Å². The maximum atomic E-state index is 13.0. The van der Waals surface area contributed by atoms with Gasteiger partial charge in [0.15, 0.2) is 0 Å². The van der Waals surface area contributed by atoms with E-state index >= 15 is 0 Å². The Morgan fingerprint density at radius 3 is 2.67 bits per heavy atom. The van der Waals surface area contributed by atoms with Gasteiger partial charge in [-0.25, -0.2) is 4.39 Å². The maximum absolute atomic E-state index is 13.0. The predicted molar refractivity (Wildman–Crippen MR) is 57.4 cm³/mol. The van der Waals surface area contributed by atoms with Crippen LogP contribution in [-0.4, -0.2) is 20.3 Å². The molecule has 0 bridgehead atoms. The van der Waals surface area contributed by atoms with Crippen LogP contribution >= 0.6 is 0 Å². The number of nitrogens with two attached hydrogens (primary N) is 1. The van der Waals surface area contributed by atoms with Gasteiger partial charge in [0.1, 0.15) is 11.6 Å². The van der Waals surface area contributed by atoms with Crippen molar-refractivity contribution in [3.05, 3.63) is 24.0 Å². The zero-order valence-electron chi connectivity index (χ0n) is 8.83. The van der Waals surface area contributed by atoms with Crippen molar-refractivity contribution in [2.24, 2.45) is 0 Å². The van der Waals surface area contributed by atoms with Crippen LogP contribution < -0.4 is 10.5 Å². The molecule has 0 radical (unpaired) electrons. The van der Waals surface area contributed by atoms with Crippen molar-refractivity contribution < 1.29 is 13.9 Å². The van der Waals surface area contributed by atoms with Gasteiger partial charge in [0.2, 0.25) is 0 Å². The summed E-state index contributed by atoms with van der Waals surface area (Å²) >= 11 is 0. The lowest BCUT2D eigenvalue weighted by Gasteiger charge is -2.06. The normalized spacial score (nSPS) is 10.3. The highest BCUT2D eigenvalue weighted by atomic mass is 19.1. The van der Waals surface area contributed by atoms with E-state index in [4.69, 9.17) is 15.2 Å². The summed E-state index contributed by atoms with van der Waals surface area (Å²) < 4.78 is 23.2. The summed E-state index contributed by atoms with van der Waals surface area (Å²) in [5.41, 5.74) is 5.48. The Kier molecular flexibility index (Phi) is 4.90. The maximum Gasteiger partial charge on any atom is 0.149 e. The Morgan fingerprint density at radius 1 is 1.27 bits per heavy atom. The number of rotatable bonds is 6. The van der Waals surface area contributed by atoms with Gasteiger partial charge < -0.3 is 15.2 Å². The molecule has 0 aliphatic rings. The Hall–Kier alpha value is -1.29. The summed E-state index contributed by atoms with van der Waals surface area (Å²) in [6, 6.07) is 4.46. The molecule has 0 heterocycles. The van der Waals surface area contributed by atoms with Crippen LogP contribution in [0.2, 0.25) is 0 Å². The molecule has 0 unspecified atom stereocenters. The highest BCUT2D eigenvalue weighted by Gasteiger charge is 2.00. The van der Waals surface area contributed by atoms with Gasteiger partial charge in [-0.3, -0.25) is 0 Å². The second-order valence-electron chi connectivity index (χ2n) is 3.23. The van der Waals surface area contributed by atoms with Crippen LogP contribution in [0.15, 0.2) is 18.2 Å². The molecule has 1 rings (SSSR count). The van der Waals surface area contributed by atoms with E-state index in [9.17, 15) is 4.39 Å². The standard InChI is InChI=1S/C11H16FNO2/c1-14-6-2-3-7-15-9-4-5-11(13)10(12)8-9/h4-5,8H,2-3,6-7,13H2,1H3. The lowest BCUT2D eigenvalue weighted by molar-refractivity contribution is 0.184. The number of benzene rings is 1. The first kappa shape index (κ1) is 11.8. The van der Waals surface area contributed by atoms with E-state index in [0.29, 0.717) is 12.4 Å². The van der Waals surface area contributed by atoms with Crippen LogP contribution in [-0.2, 0) is 4.74 Å². The molecule has 4 heteroatoms.